The third-order valence-electron chi connectivity index (χ3n) is 3.41. The first kappa shape index (κ1) is 11.0. The van der Waals surface area contributed by atoms with Crippen LogP contribution in [0.15, 0.2) is 12.1 Å². The fourth-order valence-electron chi connectivity index (χ4n) is 2.69. The number of aryl methyl sites for hydroxylation is 1. The number of rotatable bonds is 2. The highest BCUT2D eigenvalue weighted by Crippen LogP contribution is 2.47. The van der Waals surface area contributed by atoms with E-state index in [2.05, 4.69) is 6.92 Å². The Morgan fingerprint density at radius 1 is 1.44 bits per heavy atom. The number of fused-ring (bicyclic) bond motifs is 1. The molecule has 0 fully saturated rings. The molecule has 0 spiro atoms. The smallest absolute Gasteiger partial charge is 0.311 e. The second-order valence-electron chi connectivity index (χ2n) is 4.44. The Bertz CT molecular complexity index is 437. The maximum atomic E-state index is 11.2. The minimum Gasteiger partial charge on any atom is -0.496 e. The molecular weight excluding hydrogens is 204 g/mol. The fourth-order valence-corrected chi connectivity index (χ4v) is 2.69. The third kappa shape index (κ3) is 1.47. The minimum absolute atomic E-state index is 0.256. The van der Waals surface area contributed by atoms with Crippen LogP contribution in [0.3, 0.4) is 0 Å². The van der Waals surface area contributed by atoms with E-state index in [0.29, 0.717) is 6.42 Å². The monoisotopic (exact) mass is 220 g/mol. The Labute approximate surface area is 95.0 Å². The lowest BCUT2D eigenvalue weighted by molar-refractivity contribution is -0.138. The first-order chi connectivity index (χ1) is 7.56. The Morgan fingerprint density at radius 3 is 2.69 bits per heavy atom. The van der Waals surface area contributed by atoms with Gasteiger partial charge in [0.05, 0.1) is 13.0 Å². The van der Waals surface area contributed by atoms with E-state index in [9.17, 15) is 9.90 Å². The van der Waals surface area contributed by atoms with E-state index in [1.165, 1.54) is 0 Å². The molecule has 0 saturated heterocycles. The van der Waals surface area contributed by atoms with Gasteiger partial charge in [-0.1, -0.05) is 13.0 Å². The van der Waals surface area contributed by atoms with Crippen LogP contribution >= 0.6 is 0 Å². The van der Waals surface area contributed by atoms with Gasteiger partial charge in [-0.2, -0.15) is 0 Å². The van der Waals surface area contributed by atoms with Crippen LogP contribution in [0.5, 0.6) is 5.75 Å². The molecule has 86 valence electrons. The summed E-state index contributed by atoms with van der Waals surface area (Å²) in [7, 11) is 1.63. The predicted octanol–water partition coefficient (Wildman–Crippen LogP) is 2.68. The van der Waals surface area contributed by atoms with Crippen molar-refractivity contribution in [1.29, 1.82) is 0 Å². The van der Waals surface area contributed by atoms with Crippen molar-refractivity contribution in [1.82, 2.24) is 0 Å². The van der Waals surface area contributed by atoms with Crippen LogP contribution < -0.4 is 4.74 Å². The molecule has 0 heterocycles. The Balaban J connectivity index is 2.63. The number of carboxylic acids is 1. The van der Waals surface area contributed by atoms with E-state index < -0.39 is 5.97 Å². The average molecular weight is 220 g/mol. The molecule has 1 aliphatic carbocycles. The molecule has 1 N–H and O–H groups in total. The molecule has 1 aliphatic rings. The van der Waals surface area contributed by atoms with Crippen LogP contribution in [0.1, 0.15) is 41.9 Å². The highest BCUT2D eigenvalue weighted by atomic mass is 16.5. The lowest BCUT2D eigenvalue weighted by Crippen LogP contribution is -2.09. The number of hydrogen-bond acceptors (Lipinski definition) is 2. The molecule has 0 aliphatic heterocycles. The molecule has 16 heavy (non-hydrogen) atoms. The Morgan fingerprint density at radius 2 is 2.12 bits per heavy atom. The van der Waals surface area contributed by atoms with Gasteiger partial charge in [-0.05, 0) is 36.5 Å². The summed E-state index contributed by atoms with van der Waals surface area (Å²) in [5.74, 6) is -0.0372. The van der Waals surface area contributed by atoms with Gasteiger partial charge in [0.2, 0.25) is 0 Å². The van der Waals surface area contributed by atoms with Crippen LogP contribution in [0.2, 0.25) is 0 Å². The Kier molecular flexibility index (Phi) is 2.62. The summed E-state index contributed by atoms with van der Waals surface area (Å²) in [6, 6.07) is 3.86. The largest absolute Gasteiger partial charge is 0.496 e. The lowest BCUT2D eigenvalue weighted by Gasteiger charge is -2.13. The van der Waals surface area contributed by atoms with Crippen LogP contribution in [-0.4, -0.2) is 18.2 Å². The normalized spacial score (nSPS) is 22.9. The summed E-state index contributed by atoms with van der Waals surface area (Å²) in [5.41, 5.74) is 3.09. The Hall–Kier alpha value is -1.51. The van der Waals surface area contributed by atoms with E-state index in [0.717, 1.165) is 22.4 Å². The number of aliphatic carboxylic acids is 1. The van der Waals surface area contributed by atoms with Crippen LogP contribution in [0.4, 0.5) is 0 Å². The molecular formula is C13H16O3. The van der Waals surface area contributed by atoms with Crippen molar-refractivity contribution in [3.63, 3.8) is 0 Å². The number of benzene rings is 1. The number of carboxylic acid groups (broad SMARTS) is 1. The highest BCUT2D eigenvalue weighted by molar-refractivity contribution is 5.79. The molecule has 1 aromatic rings. The van der Waals surface area contributed by atoms with Gasteiger partial charge >= 0.3 is 5.97 Å². The van der Waals surface area contributed by atoms with Crippen molar-refractivity contribution in [3.05, 3.63) is 28.8 Å². The van der Waals surface area contributed by atoms with Crippen molar-refractivity contribution in [2.75, 3.05) is 7.11 Å². The first-order valence-electron chi connectivity index (χ1n) is 5.46. The molecule has 3 nitrogen and oxygen atoms in total. The van der Waals surface area contributed by atoms with E-state index in [4.69, 9.17) is 4.74 Å². The van der Waals surface area contributed by atoms with Crippen molar-refractivity contribution < 1.29 is 14.6 Å². The summed E-state index contributed by atoms with van der Waals surface area (Å²) in [6.07, 6.45) is 0.673. The average Bonchev–Trinajstić information content (AvgIpc) is 2.59. The van der Waals surface area contributed by atoms with E-state index in [-0.39, 0.29) is 11.8 Å². The SMILES string of the molecule is COc1ccc(C)c2c1C(C)CC2C(=O)O. The highest BCUT2D eigenvalue weighted by Gasteiger charge is 2.36. The van der Waals surface area contributed by atoms with Gasteiger partial charge in [0.25, 0.3) is 0 Å². The number of ether oxygens (including phenoxy) is 1. The standard InChI is InChI=1S/C13H16O3/c1-7-4-5-10(16-3)12-8(2)6-9(11(7)12)13(14)15/h4-5,8-9H,6H2,1-3H3,(H,14,15). The van der Waals surface area contributed by atoms with Gasteiger partial charge in [-0.3, -0.25) is 4.79 Å². The quantitative estimate of drug-likeness (QED) is 0.833. The van der Waals surface area contributed by atoms with Gasteiger partial charge in [-0.15, -0.1) is 0 Å². The molecule has 0 radical (unpaired) electrons. The maximum Gasteiger partial charge on any atom is 0.311 e. The topological polar surface area (TPSA) is 46.5 Å². The summed E-state index contributed by atoms with van der Waals surface area (Å²) in [4.78, 5) is 11.2. The van der Waals surface area contributed by atoms with Crippen molar-refractivity contribution >= 4 is 5.97 Å². The zero-order chi connectivity index (χ0) is 11.9. The summed E-state index contributed by atoms with van der Waals surface area (Å²) in [5, 5.41) is 9.23. The molecule has 2 atom stereocenters. The van der Waals surface area contributed by atoms with Gasteiger partial charge < -0.3 is 9.84 Å². The third-order valence-corrected chi connectivity index (χ3v) is 3.41. The fraction of sp³-hybridized carbons (Fsp3) is 0.462. The zero-order valence-corrected chi connectivity index (χ0v) is 9.78. The summed E-state index contributed by atoms with van der Waals surface area (Å²) < 4.78 is 5.32. The predicted molar refractivity (Wildman–Crippen MR) is 61.1 cm³/mol. The number of carbonyl (C=O) groups is 1. The van der Waals surface area contributed by atoms with Crippen molar-refractivity contribution in [2.24, 2.45) is 0 Å². The molecule has 0 saturated carbocycles. The van der Waals surface area contributed by atoms with Gasteiger partial charge in [0.1, 0.15) is 5.75 Å². The van der Waals surface area contributed by atoms with E-state index in [1.807, 2.05) is 19.1 Å². The second kappa shape index (κ2) is 3.81. The van der Waals surface area contributed by atoms with Crippen molar-refractivity contribution in [2.45, 2.75) is 32.1 Å². The maximum absolute atomic E-state index is 11.2. The summed E-state index contributed by atoms with van der Waals surface area (Å²) >= 11 is 0. The molecule has 0 bridgehead atoms. The molecule has 3 heteroatoms. The lowest BCUT2D eigenvalue weighted by atomic mass is 9.96. The minimum atomic E-state index is -0.734. The number of methoxy groups -OCH3 is 1. The molecule has 2 unspecified atom stereocenters. The van der Waals surface area contributed by atoms with Gasteiger partial charge in [0, 0.05) is 5.56 Å². The number of hydrogen-bond donors (Lipinski definition) is 1. The van der Waals surface area contributed by atoms with Crippen LogP contribution in [0.25, 0.3) is 0 Å². The molecule has 2 rings (SSSR count). The van der Waals surface area contributed by atoms with E-state index >= 15 is 0 Å². The second-order valence-corrected chi connectivity index (χ2v) is 4.44. The van der Waals surface area contributed by atoms with Crippen molar-refractivity contribution in [3.8, 4) is 5.75 Å². The molecule has 0 amide bonds. The van der Waals surface area contributed by atoms with Gasteiger partial charge in [0.15, 0.2) is 0 Å². The molecule has 0 aromatic heterocycles. The van der Waals surface area contributed by atoms with Gasteiger partial charge in [-0.25, -0.2) is 0 Å². The summed E-state index contributed by atoms with van der Waals surface area (Å²) in [6.45, 7) is 4.02. The first-order valence-corrected chi connectivity index (χ1v) is 5.46. The van der Waals surface area contributed by atoms with Crippen LogP contribution in [-0.2, 0) is 4.79 Å². The zero-order valence-electron chi connectivity index (χ0n) is 9.78. The molecule has 1 aromatic carbocycles. The van der Waals surface area contributed by atoms with Crippen LogP contribution in [0, 0.1) is 6.92 Å². The van der Waals surface area contributed by atoms with E-state index in [1.54, 1.807) is 7.11 Å².